The van der Waals surface area contributed by atoms with E-state index >= 15 is 0 Å². The van der Waals surface area contributed by atoms with E-state index < -0.39 is 0 Å². The highest BCUT2D eigenvalue weighted by atomic mass is 32.1. The van der Waals surface area contributed by atoms with E-state index in [1.54, 1.807) is 24.3 Å². The van der Waals surface area contributed by atoms with Crippen LogP contribution in [-0.2, 0) is 6.42 Å². The standard InChI is InChI=1S/C16H19N3O3S/c1-4-6-14-18-19-16(23-14)17-15(20)11-7-8-12(22-9-5-2)13(10-11)21-3/h5,7-8,10H,2,4,6,9H2,1,3H3,(H,17,19,20). The van der Waals surface area contributed by atoms with Gasteiger partial charge < -0.3 is 9.47 Å². The van der Waals surface area contributed by atoms with Crippen LogP contribution in [0.1, 0.15) is 28.7 Å². The van der Waals surface area contributed by atoms with Crippen molar-refractivity contribution in [1.29, 1.82) is 0 Å². The van der Waals surface area contributed by atoms with Gasteiger partial charge >= 0.3 is 0 Å². The van der Waals surface area contributed by atoms with Crippen LogP contribution in [0.2, 0.25) is 0 Å². The van der Waals surface area contributed by atoms with Crippen molar-refractivity contribution < 1.29 is 14.3 Å². The van der Waals surface area contributed by atoms with Gasteiger partial charge in [0.2, 0.25) is 5.13 Å². The lowest BCUT2D eigenvalue weighted by atomic mass is 10.2. The Kier molecular flexibility index (Phi) is 6.10. The van der Waals surface area contributed by atoms with E-state index in [1.165, 1.54) is 18.4 Å². The summed E-state index contributed by atoms with van der Waals surface area (Å²) in [6, 6.07) is 4.99. The zero-order valence-corrected chi connectivity index (χ0v) is 14.0. The van der Waals surface area contributed by atoms with E-state index in [4.69, 9.17) is 9.47 Å². The molecule has 0 aliphatic rings. The highest BCUT2D eigenvalue weighted by molar-refractivity contribution is 7.15. The van der Waals surface area contributed by atoms with E-state index in [0.717, 1.165) is 17.8 Å². The largest absolute Gasteiger partial charge is 0.493 e. The Bertz CT molecular complexity index is 685. The van der Waals surface area contributed by atoms with Crippen LogP contribution in [-0.4, -0.2) is 29.8 Å². The minimum Gasteiger partial charge on any atom is -0.493 e. The van der Waals surface area contributed by atoms with Crippen molar-refractivity contribution in [2.75, 3.05) is 19.0 Å². The quantitative estimate of drug-likeness (QED) is 0.750. The normalized spacial score (nSPS) is 10.2. The molecule has 1 aromatic carbocycles. The number of carbonyl (C=O) groups is 1. The summed E-state index contributed by atoms with van der Waals surface area (Å²) in [5.74, 6) is 0.784. The lowest BCUT2D eigenvalue weighted by Crippen LogP contribution is -2.12. The van der Waals surface area contributed by atoms with Crippen molar-refractivity contribution in [3.8, 4) is 11.5 Å². The molecule has 0 atom stereocenters. The molecular formula is C16H19N3O3S. The number of anilines is 1. The van der Waals surface area contributed by atoms with Gasteiger partial charge in [-0.1, -0.05) is 30.9 Å². The fourth-order valence-corrected chi connectivity index (χ4v) is 2.70. The number of methoxy groups -OCH3 is 1. The molecule has 0 aliphatic carbocycles. The molecule has 23 heavy (non-hydrogen) atoms. The number of ether oxygens (including phenoxy) is 2. The molecule has 0 saturated carbocycles. The first-order chi connectivity index (χ1) is 11.2. The van der Waals surface area contributed by atoms with Gasteiger partial charge in [-0.3, -0.25) is 10.1 Å². The number of hydrogen-bond donors (Lipinski definition) is 1. The highest BCUT2D eigenvalue weighted by Crippen LogP contribution is 2.28. The summed E-state index contributed by atoms with van der Waals surface area (Å²) in [4.78, 5) is 12.3. The van der Waals surface area contributed by atoms with Crippen LogP contribution in [0.25, 0.3) is 0 Å². The number of benzene rings is 1. The second-order valence-electron chi connectivity index (χ2n) is 4.67. The molecule has 0 fully saturated rings. The molecule has 0 saturated heterocycles. The number of amides is 1. The average molecular weight is 333 g/mol. The third-order valence-electron chi connectivity index (χ3n) is 2.93. The number of rotatable bonds is 8. The predicted octanol–water partition coefficient (Wildman–Crippen LogP) is 3.32. The number of nitrogens with one attached hydrogen (secondary N) is 1. The smallest absolute Gasteiger partial charge is 0.257 e. The first-order valence-corrected chi connectivity index (χ1v) is 8.05. The minimum atomic E-state index is -0.266. The molecule has 1 amide bonds. The van der Waals surface area contributed by atoms with Gasteiger partial charge in [0.15, 0.2) is 11.5 Å². The van der Waals surface area contributed by atoms with Crippen molar-refractivity contribution >= 4 is 22.4 Å². The maximum atomic E-state index is 12.3. The van der Waals surface area contributed by atoms with Crippen LogP contribution >= 0.6 is 11.3 Å². The fourth-order valence-electron chi connectivity index (χ4n) is 1.87. The first-order valence-electron chi connectivity index (χ1n) is 7.23. The van der Waals surface area contributed by atoms with E-state index in [9.17, 15) is 4.79 Å². The molecule has 122 valence electrons. The summed E-state index contributed by atoms with van der Waals surface area (Å²) < 4.78 is 10.7. The van der Waals surface area contributed by atoms with Gasteiger partial charge in [-0.2, -0.15) is 0 Å². The maximum Gasteiger partial charge on any atom is 0.257 e. The maximum absolute atomic E-state index is 12.3. The molecule has 0 bridgehead atoms. The Labute approximate surface area is 139 Å². The van der Waals surface area contributed by atoms with Crippen LogP contribution in [0.4, 0.5) is 5.13 Å². The predicted molar refractivity (Wildman–Crippen MR) is 90.5 cm³/mol. The number of hydrogen-bond acceptors (Lipinski definition) is 6. The van der Waals surface area contributed by atoms with Crippen molar-refractivity contribution in [2.24, 2.45) is 0 Å². The molecule has 2 aromatic rings. The molecule has 7 heteroatoms. The fraction of sp³-hybridized carbons (Fsp3) is 0.312. The Morgan fingerprint density at radius 1 is 1.39 bits per heavy atom. The van der Waals surface area contributed by atoms with Crippen molar-refractivity contribution in [2.45, 2.75) is 19.8 Å². The Balaban J connectivity index is 2.10. The van der Waals surface area contributed by atoms with E-state index in [0.29, 0.717) is 28.8 Å². The number of nitrogens with zero attached hydrogens (tertiary/aromatic N) is 2. The lowest BCUT2D eigenvalue weighted by molar-refractivity contribution is 0.102. The second-order valence-corrected chi connectivity index (χ2v) is 5.73. The zero-order chi connectivity index (χ0) is 16.7. The van der Waals surface area contributed by atoms with Crippen LogP contribution in [0.5, 0.6) is 11.5 Å². The van der Waals surface area contributed by atoms with Crippen LogP contribution in [0.15, 0.2) is 30.9 Å². The highest BCUT2D eigenvalue weighted by Gasteiger charge is 2.13. The van der Waals surface area contributed by atoms with Gasteiger partial charge in [0.25, 0.3) is 5.91 Å². The minimum absolute atomic E-state index is 0.266. The number of aromatic nitrogens is 2. The number of carbonyl (C=O) groups excluding carboxylic acids is 1. The van der Waals surface area contributed by atoms with E-state index in [2.05, 4.69) is 29.0 Å². The molecule has 1 N–H and O–H groups in total. The zero-order valence-electron chi connectivity index (χ0n) is 13.2. The molecule has 2 rings (SSSR count). The van der Waals surface area contributed by atoms with Crippen molar-refractivity contribution in [3.63, 3.8) is 0 Å². The molecule has 0 radical (unpaired) electrons. The first kappa shape index (κ1) is 17.0. The molecule has 0 unspecified atom stereocenters. The molecule has 1 heterocycles. The van der Waals surface area contributed by atoms with Crippen LogP contribution < -0.4 is 14.8 Å². The second kappa shape index (κ2) is 8.28. The monoisotopic (exact) mass is 333 g/mol. The lowest BCUT2D eigenvalue weighted by Gasteiger charge is -2.10. The van der Waals surface area contributed by atoms with Crippen LogP contribution in [0, 0.1) is 0 Å². The number of aryl methyl sites for hydroxylation is 1. The SMILES string of the molecule is C=CCOc1ccc(C(=O)Nc2nnc(CCC)s2)cc1OC. The van der Waals surface area contributed by atoms with Gasteiger partial charge in [-0.25, -0.2) is 0 Å². The average Bonchev–Trinajstić information content (AvgIpc) is 3.00. The van der Waals surface area contributed by atoms with E-state index in [-0.39, 0.29) is 5.91 Å². The molecule has 6 nitrogen and oxygen atoms in total. The Morgan fingerprint density at radius 3 is 2.91 bits per heavy atom. The molecule has 1 aromatic heterocycles. The summed E-state index contributed by atoms with van der Waals surface area (Å²) in [5, 5.41) is 12.1. The summed E-state index contributed by atoms with van der Waals surface area (Å²) in [7, 11) is 1.53. The van der Waals surface area contributed by atoms with Gasteiger partial charge in [0, 0.05) is 12.0 Å². The third-order valence-corrected chi connectivity index (χ3v) is 3.83. The molecular weight excluding hydrogens is 314 g/mol. The van der Waals surface area contributed by atoms with Crippen LogP contribution in [0.3, 0.4) is 0 Å². The van der Waals surface area contributed by atoms with Crippen molar-refractivity contribution in [3.05, 3.63) is 41.4 Å². The molecule has 0 aliphatic heterocycles. The van der Waals surface area contributed by atoms with Gasteiger partial charge in [-0.05, 0) is 24.6 Å². The summed E-state index contributed by atoms with van der Waals surface area (Å²) in [6.45, 7) is 6.04. The Hall–Kier alpha value is -2.41. The van der Waals surface area contributed by atoms with E-state index in [1.807, 2.05) is 0 Å². The molecule has 0 spiro atoms. The van der Waals surface area contributed by atoms with Gasteiger partial charge in [0.05, 0.1) is 7.11 Å². The summed E-state index contributed by atoms with van der Waals surface area (Å²) in [5.41, 5.74) is 0.458. The topological polar surface area (TPSA) is 73.3 Å². The third kappa shape index (κ3) is 4.53. The van der Waals surface area contributed by atoms with Gasteiger partial charge in [-0.15, -0.1) is 10.2 Å². The Morgan fingerprint density at radius 2 is 2.22 bits per heavy atom. The van der Waals surface area contributed by atoms with Gasteiger partial charge in [0.1, 0.15) is 11.6 Å². The summed E-state index contributed by atoms with van der Waals surface area (Å²) >= 11 is 1.38. The van der Waals surface area contributed by atoms with Crippen molar-refractivity contribution in [1.82, 2.24) is 10.2 Å². The summed E-state index contributed by atoms with van der Waals surface area (Å²) in [6.07, 6.45) is 3.49.